The van der Waals surface area contributed by atoms with Crippen LogP contribution >= 0.6 is 11.5 Å². The number of fused-ring (bicyclic) bond motifs is 1. The minimum Gasteiger partial charge on any atom is -0.467 e. The Morgan fingerprint density at radius 2 is 2.21 bits per heavy atom. The molecule has 126 valence electrons. The molecule has 0 aliphatic rings. The highest BCUT2D eigenvalue weighted by Gasteiger charge is 2.16. The molecule has 1 N–H and O–H groups in total. The van der Waals surface area contributed by atoms with Crippen LogP contribution in [0.1, 0.15) is 19.1 Å². The van der Waals surface area contributed by atoms with Gasteiger partial charge in [-0.05, 0) is 30.1 Å². The van der Waals surface area contributed by atoms with Gasteiger partial charge in [0.05, 0.1) is 18.3 Å². The molecule has 0 saturated carbocycles. The van der Waals surface area contributed by atoms with Gasteiger partial charge in [-0.1, -0.05) is 6.92 Å². The quantitative estimate of drug-likeness (QED) is 0.715. The second-order valence-electron chi connectivity index (χ2n) is 5.23. The first-order chi connectivity index (χ1) is 11.6. The largest absolute Gasteiger partial charge is 0.467 e. The maximum atomic E-state index is 12.6. The van der Waals surface area contributed by atoms with Gasteiger partial charge in [-0.2, -0.15) is 4.37 Å². The number of amides is 1. The highest BCUT2D eigenvalue weighted by atomic mass is 32.1. The summed E-state index contributed by atoms with van der Waals surface area (Å²) in [7, 11) is 0. The summed E-state index contributed by atoms with van der Waals surface area (Å²) in [5.41, 5.74) is -0.310. The smallest absolute Gasteiger partial charge is 0.332 e. The average Bonchev–Trinajstić information content (AvgIpc) is 3.25. The molecular formula is C15H16N4O4S. The molecule has 8 nitrogen and oxygen atoms in total. The third kappa shape index (κ3) is 3.02. The first-order valence-corrected chi connectivity index (χ1v) is 8.32. The molecule has 0 unspecified atom stereocenters. The van der Waals surface area contributed by atoms with Gasteiger partial charge in [0.15, 0.2) is 5.52 Å². The molecule has 1 amide bonds. The topological polar surface area (TPSA) is 99.1 Å². The Morgan fingerprint density at radius 3 is 2.92 bits per heavy atom. The fraction of sp³-hybridized carbons (Fsp3) is 0.333. The van der Waals surface area contributed by atoms with Crippen molar-refractivity contribution in [1.29, 1.82) is 0 Å². The number of nitrogens with one attached hydrogen (secondary N) is 1. The Hall–Kier alpha value is -2.68. The first-order valence-electron chi connectivity index (χ1n) is 7.48. The standard InChI is InChI=1S/C15H16N4O4S/c1-2-5-18-14(21)13-11(9-24-17-13)19(15(18)22)8-12(20)16-7-10-4-3-6-23-10/h3-4,6,9H,2,5,7-8H2,1H3,(H,16,20). The van der Waals surface area contributed by atoms with Gasteiger partial charge in [0, 0.05) is 11.9 Å². The molecule has 3 aromatic heterocycles. The van der Waals surface area contributed by atoms with Gasteiger partial charge in [0.25, 0.3) is 5.56 Å². The highest BCUT2D eigenvalue weighted by Crippen LogP contribution is 2.09. The second kappa shape index (κ2) is 6.83. The molecule has 0 fully saturated rings. The molecule has 0 atom stereocenters. The summed E-state index contributed by atoms with van der Waals surface area (Å²) in [5.74, 6) is 0.275. The zero-order valence-electron chi connectivity index (χ0n) is 13.0. The lowest BCUT2D eigenvalue weighted by Gasteiger charge is -2.11. The van der Waals surface area contributed by atoms with Crippen molar-refractivity contribution < 1.29 is 9.21 Å². The fourth-order valence-electron chi connectivity index (χ4n) is 2.41. The third-order valence-electron chi connectivity index (χ3n) is 3.54. The normalized spacial score (nSPS) is 11.0. The Kier molecular flexibility index (Phi) is 4.61. The molecule has 3 rings (SSSR count). The fourth-order valence-corrected chi connectivity index (χ4v) is 3.08. The van der Waals surface area contributed by atoms with Crippen molar-refractivity contribution >= 4 is 28.5 Å². The number of aromatic nitrogens is 3. The maximum absolute atomic E-state index is 12.6. The lowest BCUT2D eigenvalue weighted by molar-refractivity contribution is -0.121. The van der Waals surface area contributed by atoms with Crippen LogP contribution in [-0.4, -0.2) is 19.4 Å². The molecule has 3 heterocycles. The zero-order chi connectivity index (χ0) is 17.1. The van der Waals surface area contributed by atoms with Crippen molar-refractivity contribution in [3.8, 4) is 0 Å². The van der Waals surface area contributed by atoms with Crippen LogP contribution in [0.3, 0.4) is 0 Å². The van der Waals surface area contributed by atoms with Crippen molar-refractivity contribution in [2.45, 2.75) is 33.0 Å². The third-order valence-corrected chi connectivity index (χ3v) is 4.16. The van der Waals surface area contributed by atoms with E-state index >= 15 is 0 Å². The van der Waals surface area contributed by atoms with Crippen LogP contribution < -0.4 is 16.6 Å². The van der Waals surface area contributed by atoms with Gasteiger partial charge < -0.3 is 9.73 Å². The van der Waals surface area contributed by atoms with Crippen molar-refractivity contribution in [3.63, 3.8) is 0 Å². The van der Waals surface area contributed by atoms with Gasteiger partial charge in [0.2, 0.25) is 5.91 Å². The summed E-state index contributed by atoms with van der Waals surface area (Å²) in [6.45, 7) is 2.22. The molecule has 0 spiro atoms. The Bertz CT molecular complexity index is 968. The molecule has 0 aliphatic heterocycles. The summed E-state index contributed by atoms with van der Waals surface area (Å²) in [6, 6.07) is 3.47. The van der Waals surface area contributed by atoms with Crippen LogP contribution in [0.25, 0.3) is 11.0 Å². The Balaban J connectivity index is 1.90. The predicted molar refractivity (Wildman–Crippen MR) is 89.0 cm³/mol. The number of nitrogens with zero attached hydrogens (tertiary/aromatic N) is 3. The van der Waals surface area contributed by atoms with Crippen molar-refractivity contribution in [2.75, 3.05) is 0 Å². The predicted octanol–water partition coefficient (Wildman–Crippen LogP) is 0.939. The molecule has 0 aliphatic carbocycles. The van der Waals surface area contributed by atoms with E-state index in [1.54, 1.807) is 17.5 Å². The summed E-state index contributed by atoms with van der Waals surface area (Å²) in [6.07, 6.45) is 2.16. The molecule has 0 radical (unpaired) electrons. The SMILES string of the molecule is CCCn1c(=O)c2nscc2n(CC(=O)NCc2ccco2)c1=O. The van der Waals surface area contributed by atoms with E-state index < -0.39 is 11.2 Å². The van der Waals surface area contributed by atoms with Gasteiger partial charge in [-0.3, -0.25) is 18.7 Å². The molecule has 3 aromatic rings. The van der Waals surface area contributed by atoms with Gasteiger partial charge >= 0.3 is 5.69 Å². The summed E-state index contributed by atoms with van der Waals surface area (Å²) < 4.78 is 11.6. The first kappa shape index (κ1) is 16.2. The van der Waals surface area contributed by atoms with Crippen molar-refractivity contribution in [3.05, 3.63) is 50.4 Å². The van der Waals surface area contributed by atoms with Crippen LogP contribution in [0.5, 0.6) is 0 Å². The van der Waals surface area contributed by atoms with E-state index in [-0.39, 0.29) is 24.5 Å². The van der Waals surface area contributed by atoms with Gasteiger partial charge in [-0.15, -0.1) is 0 Å². The number of carbonyl (C=O) groups is 1. The molecule has 0 saturated heterocycles. The summed E-state index contributed by atoms with van der Waals surface area (Å²) >= 11 is 1.09. The minimum atomic E-state index is -0.498. The monoisotopic (exact) mass is 348 g/mol. The van der Waals surface area contributed by atoms with E-state index in [9.17, 15) is 14.4 Å². The number of furan rings is 1. The van der Waals surface area contributed by atoms with E-state index in [1.807, 2.05) is 6.92 Å². The maximum Gasteiger partial charge on any atom is 0.332 e. The van der Waals surface area contributed by atoms with Crippen molar-refractivity contribution in [2.24, 2.45) is 0 Å². The van der Waals surface area contributed by atoms with Gasteiger partial charge in [-0.25, -0.2) is 4.79 Å². The number of rotatable bonds is 6. The molecule has 0 aromatic carbocycles. The lowest BCUT2D eigenvalue weighted by Crippen LogP contribution is -2.42. The molecule has 9 heteroatoms. The van der Waals surface area contributed by atoms with E-state index in [0.29, 0.717) is 24.2 Å². The second-order valence-corrected chi connectivity index (χ2v) is 5.86. The number of hydrogen-bond donors (Lipinski definition) is 1. The number of hydrogen-bond acceptors (Lipinski definition) is 6. The molecule has 24 heavy (non-hydrogen) atoms. The lowest BCUT2D eigenvalue weighted by atomic mass is 10.4. The summed E-state index contributed by atoms with van der Waals surface area (Å²) in [4.78, 5) is 37.0. The highest BCUT2D eigenvalue weighted by molar-refractivity contribution is 7.04. The van der Waals surface area contributed by atoms with E-state index in [2.05, 4.69) is 9.69 Å². The molecule has 0 bridgehead atoms. The molecular weight excluding hydrogens is 332 g/mol. The minimum absolute atomic E-state index is 0.182. The van der Waals surface area contributed by atoms with E-state index in [1.165, 1.54) is 10.8 Å². The van der Waals surface area contributed by atoms with Crippen LogP contribution in [0, 0.1) is 0 Å². The van der Waals surface area contributed by atoms with Crippen LogP contribution in [0.15, 0.2) is 37.8 Å². The van der Waals surface area contributed by atoms with Crippen LogP contribution in [0.2, 0.25) is 0 Å². The van der Waals surface area contributed by atoms with Crippen LogP contribution in [0.4, 0.5) is 0 Å². The Labute approximate surface area is 140 Å². The van der Waals surface area contributed by atoms with Gasteiger partial charge in [0.1, 0.15) is 12.3 Å². The Morgan fingerprint density at radius 1 is 1.38 bits per heavy atom. The zero-order valence-corrected chi connectivity index (χ0v) is 13.8. The number of carbonyl (C=O) groups excluding carboxylic acids is 1. The van der Waals surface area contributed by atoms with Crippen molar-refractivity contribution in [1.82, 2.24) is 18.8 Å². The van der Waals surface area contributed by atoms with E-state index in [0.717, 1.165) is 16.1 Å². The van der Waals surface area contributed by atoms with Crippen LogP contribution in [-0.2, 0) is 24.4 Å². The average molecular weight is 348 g/mol. The summed E-state index contributed by atoms with van der Waals surface area (Å²) in [5, 5.41) is 4.29. The van der Waals surface area contributed by atoms with E-state index in [4.69, 9.17) is 4.42 Å².